The third kappa shape index (κ3) is 2.79. The quantitative estimate of drug-likeness (QED) is 0.743. The first-order chi connectivity index (χ1) is 11.9. The van der Waals surface area contributed by atoms with Gasteiger partial charge in [0.15, 0.2) is 0 Å². The summed E-state index contributed by atoms with van der Waals surface area (Å²) >= 11 is 0. The number of benzene rings is 1. The molecule has 0 saturated heterocycles. The topological polar surface area (TPSA) is 110 Å². The first kappa shape index (κ1) is 16.1. The minimum Gasteiger partial charge on any atom is -0.321 e. The van der Waals surface area contributed by atoms with Crippen molar-refractivity contribution in [3.8, 4) is 6.07 Å². The second-order valence-electron chi connectivity index (χ2n) is 5.45. The zero-order valence-corrected chi connectivity index (χ0v) is 13.5. The van der Waals surface area contributed by atoms with Crippen molar-refractivity contribution >= 4 is 22.6 Å². The van der Waals surface area contributed by atoms with Gasteiger partial charge in [0, 0.05) is 19.7 Å². The van der Waals surface area contributed by atoms with Crippen LogP contribution in [0.5, 0.6) is 0 Å². The zero-order valence-electron chi connectivity index (χ0n) is 13.5. The van der Waals surface area contributed by atoms with E-state index >= 15 is 0 Å². The second-order valence-corrected chi connectivity index (χ2v) is 5.45. The van der Waals surface area contributed by atoms with Crippen molar-refractivity contribution in [3.05, 3.63) is 68.5 Å². The summed E-state index contributed by atoms with van der Waals surface area (Å²) in [5.41, 5.74) is 0.261. The Morgan fingerprint density at radius 1 is 1.20 bits per heavy atom. The van der Waals surface area contributed by atoms with E-state index in [9.17, 15) is 14.4 Å². The highest BCUT2D eigenvalue weighted by Gasteiger charge is 2.12. The van der Waals surface area contributed by atoms with Crippen LogP contribution in [-0.4, -0.2) is 20.0 Å². The maximum atomic E-state index is 12.3. The molecule has 0 bridgehead atoms. The fraction of sp³-hybridized carbons (Fsp3) is 0.118. The van der Waals surface area contributed by atoms with Gasteiger partial charge >= 0.3 is 5.69 Å². The third-order valence-corrected chi connectivity index (χ3v) is 3.81. The minimum absolute atomic E-state index is 0.216. The SMILES string of the molecule is Cn1c(=O)c2cc(NC(=O)c3cccc(C#N)c3)cnc2n(C)c1=O. The Morgan fingerprint density at radius 2 is 1.96 bits per heavy atom. The molecule has 0 atom stereocenters. The average Bonchev–Trinajstić information content (AvgIpc) is 2.64. The molecule has 25 heavy (non-hydrogen) atoms. The van der Waals surface area contributed by atoms with E-state index in [-0.39, 0.29) is 11.0 Å². The molecule has 0 aliphatic heterocycles. The number of carbonyl (C=O) groups is 1. The Balaban J connectivity index is 2.03. The Kier molecular flexibility index (Phi) is 3.91. The molecular weight excluding hydrogens is 322 g/mol. The van der Waals surface area contributed by atoms with Crippen LogP contribution in [0.4, 0.5) is 5.69 Å². The number of pyridine rings is 1. The predicted octanol–water partition coefficient (Wildman–Crippen LogP) is 0.756. The normalized spacial score (nSPS) is 10.4. The first-order valence-electron chi connectivity index (χ1n) is 7.29. The number of fused-ring (bicyclic) bond motifs is 1. The van der Waals surface area contributed by atoms with Crippen LogP contribution in [-0.2, 0) is 14.1 Å². The van der Waals surface area contributed by atoms with E-state index in [0.717, 1.165) is 4.57 Å². The number of hydrogen-bond donors (Lipinski definition) is 1. The van der Waals surface area contributed by atoms with Gasteiger partial charge in [-0.1, -0.05) is 6.07 Å². The van der Waals surface area contributed by atoms with Crippen molar-refractivity contribution < 1.29 is 4.79 Å². The van der Waals surface area contributed by atoms with Gasteiger partial charge in [-0.3, -0.25) is 18.7 Å². The van der Waals surface area contributed by atoms with Crippen LogP contribution in [0.1, 0.15) is 15.9 Å². The van der Waals surface area contributed by atoms with Gasteiger partial charge in [-0.15, -0.1) is 0 Å². The molecule has 0 aliphatic rings. The van der Waals surface area contributed by atoms with Gasteiger partial charge in [0.05, 0.1) is 28.9 Å². The largest absolute Gasteiger partial charge is 0.332 e. The van der Waals surface area contributed by atoms with Crippen molar-refractivity contribution in [3.63, 3.8) is 0 Å². The van der Waals surface area contributed by atoms with Gasteiger partial charge in [-0.05, 0) is 24.3 Å². The monoisotopic (exact) mass is 335 g/mol. The van der Waals surface area contributed by atoms with E-state index in [1.54, 1.807) is 18.2 Å². The molecule has 2 aromatic heterocycles. The number of anilines is 1. The predicted molar refractivity (Wildman–Crippen MR) is 91.3 cm³/mol. The number of rotatable bonds is 2. The molecule has 0 fully saturated rings. The molecule has 0 radical (unpaired) electrons. The Hall–Kier alpha value is -3.73. The number of aryl methyl sites for hydroxylation is 1. The second kappa shape index (κ2) is 6.05. The molecule has 0 aliphatic carbocycles. The fourth-order valence-corrected chi connectivity index (χ4v) is 2.47. The lowest BCUT2D eigenvalue weighted by Crippen LogP contribution is -2.37. The van der Waals surface area contributed by atoms with Crippen LogP contribution in [0.15, 0.2) is 46.1 Å². The molecule has 0 saturated carbocycles. The van der Waals surface area contributed by atoms with Gasteiger partial charge in [-0.25, -0.2) is 9.78 Å². The molecule has 8 heteroatoms. The summed E-state index contributed by atoms with van der Waals surface area (Å²) in [6.45, 7) is 0. The summed E-state index contributed by atoms with van der Waals surface area (Å²) in [6, 6.07) is 9.68. The maximum absolute atomic E-state index is 12.3. The molecular formula is C17H13N5O3. The summed E-state index contributed by atoms with van der Waals surface area (Å²) < 4.78 is 2.24. The molecule has 2 heterocycles. The standard InChI is InChI=1S/C17H13N5O3/c1-21-14-13(16(24)22(2)17(21)25)7-12(9-19-14)20-15(23)11-5-3-4-10(6-11)8-18/h3-7,9H,1-2H3,(H,20,23). The number of aromatic nitrogens is 3. The summed E-state index contributed by atoms with van der Waals surface area (Å²) in [5, 5.41) is 11.8. The number of carbonyl (C=O) groups excluding carboxylic acids is 1. The Morgan fingerprint density at radius 3 is 2.68 bits per heavy atom. The van der Waals surface area contributed by atoms with E-state index in [0.29, 0.717) is 16.8 Å². The van der Waals surface area contributed by atoms with Crippen molar-refractivity contribution in [2.45, 2.75) is 0 Å². The third-order valence-electron chi connectivity index (χ3n) is 3.81. The fourth-order valence-electron chi connectivity index (χ4n) is 2.47. The lowest BCUT2D eigenvalue weighted by molar-refractivity contribution is 0.102. The summed E-state index contributed by atoms with van der Waals surface area (Å²) in [4.78, 5) is 40.6. The number of nitrogens with zero attached hydrogens (tertiary/aromatic N) is 4. The van der Waals surface area contributed by atoms with Crippen molar-refractivity contribution in [2.75, 3.05) is 5.32 Å². The molecule has 3 rings (SSSR count). The summed E-state index contributed by atoms with van der Waals surface area (Å²) in [5.74, 6) is -0.431. The van der Waals surface area contributed by atoms with Crippen LogP contribution in [0.25, 0.3) is 11.0 Å². The molecule has 0 unspecified atom stereocenters. The molecule has 0 spiro atoms. The van der Waals surface area contributed by atoms with Gasteiger partial charge in [0.2, 0.25) is 0 Å². The van der Waals surface area contributed by atoms with E-state index in [1.807, 2.05) is 6.07 Å². The molecule has 1 N–H and O–H groups in total. The average molecular weight is 335 g/mol. The van der Waals surface area contributed by atoms with Crippen LogP contribution in [0.3, 0.4) is 0 Å². The molecule has 3 aromatic rings. The summed E-state index contributed by atoms with van der Waals surface area (Å²) in [6.07, 6.45) is 1.37. The number of nitrogens with one attached hydrogen (secondary N) is 1. The lowest BCUT2D eigenvalue weighted by atomic mass is 10.1. The molecule has 124 valence electrons. The van der Waals surface area contributed by atoms with Gasteiger partial charge < -0.3 is 5.32 Å². The highest BCUT2D eigenvalue weighted by Crippen LogP contribution is 2.14. The summed E-state index contributed by atoms with van der Waals surface area (Å²) in [7, 11) is 2.89. The van der Waals surface area contributed by atoms with Crippen molar-refractivity contribution in [1.82, 2.24) is 14.1 Å². The first-order valence-corrected chi connectivity index (χ1v) is 7.29. The number of nitriles is 1. The highest BCUT2D eigenvalue weighted by atomic mass is 16.2. The van der Waals surface area contributed by atoms with E-state index < -0.39 is 17.2 Å². The molecule has 8 nitrogen and oxygen atoms in total. The zero-order chi connectivity index (χ0) is 18.1. The maximum Gasteiger partial charge on any atom is 0.332 e. The van der Waals surface area contributed by atoms with E-state index in [1.165, 1.54) is 37.0 Å². The van der Waals surface area contributed by atoms with Gasteiger partial charge in [0.25, 0.3) is 11.5 Å². The van der Waals surface area contributed by atoms with E-state index in [4.69, 9.17) is 5.26 Å². The smallest absolute Gasteiger partial charge is 0.321 e. The number of amides is 1. The van der Waals surface area contributed by atoms with Gasteiger partial charge in [0.1, 0.15) is 5.65 Å². The lowest BCUT2D eigenvalue weighted by Gasteiger charge is -2.09. The molecule has 1 amide bonds. The van der Waals surface area contributed by atoms with Crippen LogP contribution < -0.4 is 16.6 Å². The van der Waals surface area contributed by atoms with Crippen molar-refractivity contribution in [2.24, 2.45) is 14.1 Å². The van der Waals surface area contributed by atoms with Crippen LogP contribution in [0, 0.1) is 11.3 Å². The van der Waals surface area contributed by atoms with Crippen LogP contribution in [0.2, 0.25) is 0 Å². The van der Waals surface area contributed by atoms with Crippen LogP contribution >= 0.6 is 0 Å². The number of hydrogen-bond acceptors (Lipinski definition) is 5. The molecule has 1 aromatic carbocycles. The van der Waals surface area contributed by atoms with Gasteiger partial charge in [-0.2, -0.15) is 5.26 Å². The Bertz CT molecular complexity index is 1170. The van der Waals surface area contributed by atoms with Crippen molar-refractivity contribution in [1.29, 1.82) is 5.26 Å². The Labute approximate surface area is 141 Å². The van der Waals surface area contributed by atoms with E-state index in [2.05, 4.69) is 10.3 Å². The minimum atomic E-state index is -0.492. The highest BCUT2D eigenvalue weighted by molar-refractivity contribution is 6.05.